The third-order valence-corrected chi connectivity index (χ3v) is 6.73. The maximum Gasteiger partial charge on any atom is 0.358 e. The third kappa shape index (κ3) is 3.78. The minimum absolute atomic E-state index is 0.0489. The van der Waals surface area contributed by atoms with Gasteiger partial charge in [0, 0.05) is 17.8 Å². The summed E-state index contributed by atoms with van der Waals surface area (Å²) in [5, 5.41) is 7.45. The van der Waals surface area contributed by atoms with Crippen LogP contribution in [0.3, 0.4) is 0 Å². The van der Waals surface area contributed by atoms with Gasteiger partial charge in [-0.25, -0.2) is 4.79 Å². The number of amides is 2. The summed E-state index contributed by atoms with van der Waals surface area (Å²) in [4.78, 5) is 40.9. The molecule has 0 saturated heterocycles. The van der Waals surface area contributed by atoms with Crippen molar-refractivity contribution >= 4 is 23.5 Å². The van der Waals surface area contributed by atoms with Gasteiger partial charge in [-0.3, -0.25) is 19.2 Å². The smallest absolute Gasteiger partial charge is 0.358 e. The molecule has 8 nitrogen and oxygen atoms in total. The third-order valence-electron chi connectivity index (χ3n) is 6.73. The molecule has 2 amide bonds. The number of esters is 1. The normalized spacial score (nSPS) is 21.2. The molecule has 2 aromatic rings. The van der Waals surface area contributed by atoms with E-state index in [1.165, 1.54) is 24.3 Å². The van der Waals surface area contributed by atoms with Crippen molar-refractivity contribution in [2.45, 2.75) is 71.0 Å². The van der Waals surface area contributed by atoms with E-state index in [4.69, 9.17) is 4.74 Å². The summed E-state index contributed by atoms with van der Waals surface area (Å²) in [6.07, 6.45) is 5.25. The highest BCUT2D eigenvalue weighted by atomic mass is 16.5. The Morgan fingerprint density at radius 3 is 2.50 bits per heavy atom. The van der Waals surface area contributed by atoms with Gasteiger partial charge < -0.3 is 10.1 Å². The molecule has 170 valence electrons. The molecule has 0 spiro atoms. The second-order valence-electron chi connectivity index (χ2n) is 9.06. The highest BCUT2D eigenvalue weighted by Crippen LogP contribution is 2.34. The molecule has 1 aromatic carbocycles. The predicted octanol–water partition coefficient (Wildman–Crippen LogP) is 3.15. The van der Waals surface area contributed by atoms with Crippen LogP contribution in [0.1, 0.15) is 71.1 Å². The first-order valence-corrected chi connectivity index (χ1v) is 11.1. The Morgan fingerprint density at radius 2 is 1.84 bits per heavy atom. The summed E-state index contributed by atoms with van der Waals surface area (Å²) in [5.41, 5.74) is 1.87. The number of benzene rings is 1. The Morgan fingerprint density at radius 1 is 1.12 bits per heavy atom. The fourth-order valence-corrected chi connectivity index (χ4v) is 4.64. The summed E-state index contributed by atoms with van der Waals surface area (Å²) in [5.74, 6) is -1.20. The zero-order chi connectivity index (χ0) is 23.0. The number of nitrogens with one attached hydrogen (secondary N) is 1. The van der Waals surface area contributed by atoms with Crippen LogP contribution in [-0.2, 0) is 16.1 Å². The van der Waals surface area contributed by atoms with Crippen LogP contribution in [0.5, 0.6) is 0 Å². The molecule has 1 aliphatic carbocycles. The van der Waals surface area contributed by atoms with Gasteiger partial charge in [0.2, 0.25) is 5.91 Å². The van der Waals surface area contributed by atoms with Gasteiger partial charge in [-0.1, -0.05) is 25.3 Å². The van der Waals surface area contributed by atoms with Crippen LogP contribution in [0, 0.1) is 13.8 Å². The van der Waals surface area contributed by atoms with E-state index in [9.17, 15) is 14.4 Å². The molecule has 4 rings (SSSR count). The van der Waals surface area contributed by atoms with Gasteiger partial charge in [-0.2, -0.15) is 5.10 Å². The number of carbonyl (C=O) groups is 3. The molecule has 0 bridgehead atoms. The van der Waals surface area contributed by atoms with Gasteiger partial charge in [0.05, 0.1) is 13.7 Å². The summed E-state index contributed by atoms with van der Waals surface area (Å²) < 4.78 is 6.22. The fourth-order valence-electron chi connectivity index (χ4n) is 4.64. The van der Waals surface area contributed by atoms with E-state index < -0.39 is 11.5 Å². The lowest BCUT2D eigenvalue weighted by Crippen LogP contribution is -2.65. The van der Waals surface area contributed by atoms with Crippen molar-refractivity contribution in [1.82, 2.24) is 15.1 Å². The van der Waals surface area contributed by atoms with Gasteiger partial charge in [0.25, 0.3) is 5.91 Å². The van der Waals surface area contributed by atoms with Crippen LogP contribution in [0.25, 0.3) is 0 Å². The van der Waals surface area contributed by atoms with Crippen molar-refractivity contribution in [3.63, 3.8) is 0 Å². The number of aromatic nitrogens is 2. The minimum Gasteiger partial charge on any atom is -0.464 e. The quantitative estimate of drug-likeness (QED) is 0.740. The molecule has 2 heterocycles. The Labute approximate surface area is 187 Å². The number of hydrogen-bond acceptors (Lipinski definition) is 5. The molecule has 1 saturated carbocycles. The van der Waals surface area contributed by atoms with E-state index in [2.05, 4.69) is 10.4 Å². The Bertz CT molecular complexity index is 1070. The predicted molar refractivity (Wildman–Crippen MR) is 120 cm³/mol. The number of carbonyl (C=O) groups excluding carboxylic acids is 3. The number of fused-ring (bicyclic) bond motifs is 1. The van der Waals surface area contributed by atoms with Crippen molar-refractivity contribution in [3.8, 4) is 0 Å². The molecule has 8 heteroatoms. The molecule has 1 aromatic heterocycles. The molecule has 0 radical (unpaired) electrons. The maximum absolute atomic E-state index is 13.7. The van der Waals surface area contributed by atoms with E-state index in [-0.39, 0.29) is 35.8 Å². The SMILES string of the molecule is COC(=O)c1cc2n(n1)CC(C)(C(=O)NC1CCCCC1)N(c1ccc(C)c(C)c1)C2=O. The van der Waals surface area contributed by atoms with Gasteiger partial charge in [-0.15, -0.1) is 0 Å². The Balaban J connectivity index is 1.77. The van der Waals surface area contributed by atoms with Crippen molar-refractivity contribution in [2.75, 3.05) is 12.0 Å². The lowest BCUT2D eigenvalue weighted by atomic mass is 9.91. The molecule has 1 unspecified atom stereocenters. The standard InChI is InChI=1S/C24H30N4O4/c1-15-10-11-18(12-16(15)2)28-21(29)20-13-19(22(30)32-4)26-27(20)14-24(28,3)23(31)25-17-8-6-5-7-9-17/h10-13,17H,5-9,14H2,1-4H3,(H,25,31). The first-order chi connectivity index (χ1) is 15.2. The second kappa shape index (κ2) is 8.41. The molecular weight excluding hydrogens is 408 g/mol. The molecule has 32 heavy (non-hydrogen) atoms. The van der Waals surface area contributed by atoms with Crippen molar-refractivity contribution < 1.29 is 19.1 Å². The highest BCUT2D eigenvalue weighted by molar-refractivity contribution is 6.12. The largest absolute Gasteiger partial charge is 0.464 e. The Kier molecular flexibility index (Phi) is 5.79. The number of ether oxygens (including phenoxy) is 1. The topological polar surface area (TPSA) is 93.5 Å². The van der Waals surface area contributed by atoms with Gasteiger partial charge in [0.1, 0.15) is 11.2 Å². The number of nitrogens with zero attached hydrogens (tertiary/aromatic N) is 3. The summed E-state index contributed by atoms with van der Waals surface area (Å²) >= 11 is 0. The fraction of sp³-hybridized carbons (Fsp3) is 0.500. The van der Waals surface area contributed by atoms with E-state index in [0.29, 0.717) is 5.69 Å². The van der Waals surface area contributed by atoms with E-state index >= 15 is 0 Å². The number of rotatable bonds is 4. The molecule has 1 N–H and O–H groups in total. The number of methoxy groups -OCH3 is 1. The zero-order valence-electron chi connectivity index (χ0n) is 19.1. The molecule has 1 atom stereocenters. The van der Waals surface area contributed by atoms with E-state index in [1.54, 1.807) is 11.8 Å². The van der Waals surface area contributed by atoms with Gasteiger partial charge in [-0.05, 0) is 56.9 Å². The number of aryl methyl sites for hydroxylation is 2. The van der Waals surface area contributed by atoms with Crippen molar-refractivity contribution in [3.05, 3.63) is 46.8 Å². The van der Waals surface area contributed by atoms with Crippen LogP contribution in [-0.4, -0.2) is 46.3 Å². The maximum atomic E-state index is 13.7. The second-order valence-corrected chi connectivity index (χ2v) is 9.06. The van der Waals surface area contributed by atoms with Gasteiger partial charge >= 0.3 is 5.97 Å². The molecular formula is C24H30N4O4. The van der Waals surface area contributed by atoms with Crippen molar-refractivity contribution in [2.24, 2.45) is 0 Å². The van der Waals surface area contributed by atoms with Crippen molar-refractivity contribution in [1.29, 1.82) is 0 Å². The molecule has 2 aliphatic rings. The molecule has 1 fully saturated rings. The number of anilines is 1. The lowest BCUT2D eigenvalue weighted by molar-refractivity contribution is -0.127. The van der Waals surface area contributed by atoms with Crippen LogP contribution in [0.2, 0.25) is 0 Å². The van der Waals surface area contributed by atoms with Crippen LogP contribution in [0.4, 0.5) is 5.69 Å². The van der Waals surface area contributed by atoms with E-state index in [1.807, 2.05) is 32.0 Å². The average Bonchev–Trinajstić information content (AvgIpc) is 3.20. The average molecular weight is 439 g/mol. The van der Waals surface area contributed by atoms with Gasteiger partial charge in [0.15, 0.2) is 5.69 Å². The first kappa shape index (κ1) is 22.0. The van der Waals surface area contributed by atoms with Crippen LogP contribution in [0.15, 0.2) is 24.3 Å². The monoisotopic (exact) mass is 438 g/mol. The van der Waals surface area contributed by atoms with E-state index in [0.717, 1.165) is 36.8 Å². The zero-order valence-corrected chi connectivity index (χ0v) is 19.1. The van der Waals surface area contributed by atoms with Crippen LogP contribution < -0.4 is 10.2 Å². The Hall–Kier alpha value is -3.16. The highest BCUT2D eigenvalue weighted by Gasteiger charge is 2.49. The number of hydrogen-bond donors (Lipinski definition) is 1. The summed E-state index contributed by atoms with van der Waals surface area (Å²) in [6, 6.07) is 7.27. The molecule has 1 aliphatic heterocycles. The first-order valence-electron chi connectivity index (χ1n) is 11.1. The van der Waals surface area contributed by atoms with Crippen LogP contribution >= 0.6 is 0 Å². The lowest BCUT2D eigenvalue weighted by Gasteiger charge is -2.44. The summed E-state index contributed by atoms with van der Waals surface area (Å²) in [7, 11) is 1.27. The summed E-state index contributed by atoms with van der Waals surface area (Å²) in [6.45, 7) is 5.88. The minimum atomic E-state index is -1.21.